The van der Waals surface area contributed by atoms with E-state index in [4.69, 9.17) is 0 Å². The van der Waals surface area contributed by atoms with Crippen molar-refractivity contribution in [1.29, 1.82) is 0 Å². The van der Waals surface area contributed by atoms with Crippen LogP contribution >= 0.6 is 11.8 Å². The molecule has 5 nitrogen and oxygen atoms in total. The number of nitrogens with zero attached hydrogens (tertiary/aromatic N) is 2. The van der Waals surface area contributed by atoms with Gasteiger partial charge in [0.25, 0.3) is 0 Å². The Kier molecular flexibility index (Phi) is 5.07. The van der Waals surface area contributed by atoms with Crippen LogP contribution in [0.2, 0.25) is 0 Å². The number of hydrogen-bond donors (Lipinski definition) is 2. The minimum absolute atomic E-state index is 0.101. The quantitative estimate of drug-likeness (QED) is 0.884. The lowest BCUT2D eigenvalue weighted by atomic mass is 10.2. The van der Waals surface area contributed by atoms with Crippen molar-refractivity contribution in [2.24, 2.45) is 0 Å². The molecule has 0 aliphatic rings. The summed E-state index contributed by atoms with van der Waals surface area (Å²) in [7, 11) is 0. The number of rotatable bonds is 5. The van der Waals surface area contributed by atoms with E-state index in [9.17, 15) is 18.0 Å². The van der Waals surface area contributed by atoms with E-state index in [0.717, 1.165) is 11.1 Å². The minimum Gasteiger partial charge on any atom is -0.293 e. The standard InChI is InChI=1S/C13H13F3N4OS/c1-8-2-4-9(5-3-8)6-22-7-10(21)17-12-18-11(19-20-12)13(14,15)16/h2-5H,6-7H2,1H3,(H2,17,18,19,20,21). The Balaban J connectivity index is 1.78. The van der Waals surface area contributed by atoms with Crippen molar-refractivity contribution in [2.45, 2.75) is 18.9 Å². The molecule has 118 valence electrons. The highest BCUT2D eigenvalue weighted by Gasteiger charge is 2.35. The Morgan fingerprint density at radius 2 is 2.00 bits per heavy atom. The van der Waals surface area contributed by atoms with Crippen LogP contribution in [0.15, 0.2) is 24.3 Å². The zero-order valence-electron chi connectivity index (χ0n) is 11.6. The topological polar surface area (TPSA) is 70.7 Å². The van der Waals surface area contributed by atoms with Gasteiger partial charge in [-0.15, -0.1) is 16.9 Å². The van der Waals surface area contributed by atoms with E-state index in [1.165, 1.54) is 11.8 Å². The van der Waals surface area contributed by atoms with Gasteiger partial charge in [0.2, 0.25) is 17.7 Å². The molecule has 0 bridgehead atoms. The molecular weight excluding hydrogens is 317 g/mol. The molecule has 0 saturated carbocycles. The van der Waals surface area contributed by atoms with Crippen molar-refractivity contribution >= 4 is 23.6 Å². The van der Waals surface area contributed by atoms with Crippen molar-refractivity contribution in [3.63, 3.8) is 0 Å². The third-order valence-electron chi connectivity index (χ3n) is 2.63. The predicted octanol–water partition coefficient (Wildman–Crippen LogP) is 3.00. The van der Waals surface area contributed by atoms with Gasteiger partial charge in [0.1, 0.15) is 0 Å². The Morgan fingerprint density at radius 1 is 1.32 bits per heavy atom. The van der Waals surface area contributed by atoms with Gasteiger partial charge in [0.05, 0.1) is 5.75 Å². The third kappa shape index (κ3) is 4.76. The Morgan fingerprint density at radius 3 is 2.59 bits per heavy atom. The molecule has 0 saturated heterocycles. The lowest BCUT2D eigenvalue weighted by molar-refractivity contribution is -0.144. The maximum Gasteiger partial charge on any atom is 0.451 e. The highest BCUT2D eigenvalue weighted by Crippen LogP contribution is 2.26. The molecule has 0 unspecified atom stereocenters. The first-order chi connectivity index (χ1) is 10.3. The van der Waals surface area contributed by atoms with Crippen LogP contribution in [0, 0.1) is 6.92 Å². The number of alkyl halides is 3. The average molecular weight is 330 g/mol. The number of aromatic nitrogens is 3. The third-order valence-corrected chi connectivity index (χ3v) is 3.63. The number of anilines is 1. The molecule has 1 aromatic carbocycles. The number of H-pyrrole nitrogens is 1. The van der Waals surface area contributed by atoms with E-state index >= 15 is 0 Å². The number of aromatic amines is 1. The zero-order chi connectivity index (χ0) is 16.2. The van der Waals surface area contributed by atoms with Crippen LogP contribution in [-0.4, -0.2) is 26.8 Å². The lowest BCUT2D eigenvalue weighted by Gasteiger charge is -2.03. The fourth-order valence-electron chi connectivity index (χ4n) is 1.55. The van der Waals surface area contributed by atoms with Gasteiger partial charge < -0.3 is 0 Å². The number of hydrogen-bond acceptors (Lipinski definition) is 4. The monoisotopic (exact) mass is 330 g/mol. The van der Waals surface area contributed by atoms with E-state index in [0.29, 0.717) is 5.75 Å². The normalized spacial score (nSPS) is 11.5. The molecule has 0 fully saturated rings. The highest BCUT2D eigenvalue weighted by molar-refractivity contribution is 7.99. The smallest absolute Gasteiger partial charge is 0.293 e. The second kappa shape index (κ2) is 6.82. The van der Waals surface area contributed by atoms with Crippen LogP contribution < -0.4 is 5.32 Å². The molecule has 0 aliphatic heterocycles. The minimum atomic E-state index is -4.61. The van der Waals surface area contributed by atoms with Gasteiger partial charge in [-0.05, 0) is 12.5 Å². The number of aryl methyl sites for hydroxylation is 1. The molecule has 0 aliphatic carbocycles. The molecule has 9 heteroatoms. The van der Waals surface area contributed by atoms with Gasteiger partial charge >= 0.3 is 6.18 Å². The molecule has 1 heterocycles. The molecule has 22 heavy (non-hydrogen) atoms. The maximum atomic E-state index is 12.3. The van der Waals surface area contributed by atoms with Crippen LogP contribution in [-0.2, 0) is 16.7 Å². The first-order valence-electron chi connectivity index (χ1n) is 6.27. The number of carbonyl (C=O) groups excluding carboxylic acids is 1. The SMILES string of the molecule is Cc1ccc(CSCC(=O)Nc2n[nH]c(C(F)(F)F)n2)cc1. The fourth-order valence-corrected chi connectivity index (χ4v) is 2.34. The fraction of sp³-hybridized carbons (Fsp3) is 0.308. The maximum absolute atomic E-state index is 12.3. The van der Waals surface area contributed by atoms with E-state index in [1.54, 1.807) is 5.10 Å². The van der Waals surface area contributed by atoms with Gasteiger partial charge in [-0.2, -0.15) is 18.2 Å². The molecule has 2 N–H and O–H groups in total. The van der Waals surface area contributed by atoms with Gasteiger partial charge in [0.15, 0.2) is 0 Å². The van der Waals surface area contributed by atoms with E-state index < -0.39 is 17.9 Å². The summed E-state index contributed by atoms with van der Waals surface area (Å²) in [6, 6.07) is 7.88. The number of carbonyl (C=O) groups is 1. The van der Waals surface area contributed by atoms with Gasteiger partial charge in [0, 0.05) is 5.75 Å². The number of nitrogens with one attached hydrogen (secondary N) is 2. The van der Waals surface area contributed by atoms with E-state index in [2.05, 4.69) is 15.4 Å². The molecule has 1 aromatic heterocycles. The van der Waals surface area contributed by atoms with Gasteiger partial charge in [-0.25, -0.2) is 0 Å². The molecule has 2 rings (SSSR count). The van der Waals surface area contributed by atoms with Crippen LogP contribution in [0.4, 0.5) is 19.1 Å². The molecule has 2 aromatic rings. The molecule has 1 amide bonds. The Bertz CT molecular complexity index is 639. The van der Waals surface area contributed by atoms with Crippen molar-refractivity contribution in [1.82, 2.24) is 15.2 Å². The highest BCUT2D eigenvalue weighted by atomic mass is 32.2. The Labute approximate surface area is 128 Å². The second-order valence-electron chi connectivity index (χ2n) is 4.53. The molecule has 0 spiro atoms. The molecule has 0 radical (unpaired) electrons. The van der Waals surface area contributed by atoms with E-state index in [-0.39, 0.29) is 11.7 Å². The summed E-state index contributed by atoms with van der Waals surface area (Å²) >= 11 is 1.35. The second-order valence-corrected chi connectivity index (χ2v) is 5.52. The molecule has 0 atom stereocenters. The number of thioether (sulfide) groups is 1. The first-order valence-corrected chi connectivity index (χ1v) is 7.43. The number of benzene rings is 1. The summed E-state index contributed by atoms with van der Waals surface area (Å²) < 4.78 is 36.9. The molecular formula is C13H13F3N4OS. The zero-order valence-corrected chi connectivity index (χ0v) is 12.4. The van der Waals surface area contributed by atoms with Crippen molar-refractivity contribution in [3.8, 4) is 0 Å². The van der Waals surface area contributed by atoms with Crippen molar-refractivity contribution in [2.75, 3.05) is 11.1 Å². The number of halogens is 3. The predicted molar refractivity (Wildman–Crippen MR) is 77.4 cm³/mol. The van der Waals surface area contributed by atoms with Crippen LogP contribution in [0.25, 0.3) is 0 Å². The van der Waals surface area contributed by atoms with Crippen LogP contribution in [0.1, 0.15) is 17.0 Å². The summed E-state index contributed by atoms with van der Waals surface area (Å²) in [6.07, 6.45) is -4.61. The average Bonchev–Trinajstić information content (AvgIpc) is 2.89. The summed E-state index contributed by atoms with van der Waals surface area (Å²) in [4.78, 5) is 14.8. The largest absolute Gasteiger partial charge is 0.451 e. The first kappa shape index (κ1) is 16.3. The number of amides is 1. The summed E-state index contributed by atoms with van der Waals surface area (Å²) in [5.41, 5.74) is 2.22. The van der Waals surface area contributed by atoms with Crippen molar-refractivity contribution in [3.05, 3.63) is 41.2 Å². The van der Waals surface area contributed by atoms with Crippen LogP contribution in [0.3, 0.4) is 0 Å². The van der Waals surface area contributed by atoms with Gasteiger partial charge in [-0.3, -0.25) is 15.2 Å². The summed E-state index contributed by atoms with van der Waals surface area (Å²) in [5.74, 6) is -1.34. The van der Waals surface area contributed by atoms with Crippen LogP contribution in [0.5, 0.6) is 0 Å². The summed E-state index contributed by atoms with van der Waals surface area (Å²) in [6.45, 7) is 1.98. The van der Waals surface area contributed by atoms with Gasteiger partial charge in [-0.1, -0.05) is 29.8 Å². The summed E-state index contributed by atoms with van der Waals surface area (Å²) in [5, 5.41) is 7.25. The van der Waals surface area contributed by atoms with Crippen molar-refractivity contribution < 1.29 is 18.0 Å². The lowest BCUT2D eigenvalue weighted by Crippen LogP contribution is -2.15. The Hall–Kier alpha value is -2.03. The van der Waals surface area contributed by atoms with E-state index in [1.807, 2.05) is 31.2 Å².